The van der Waals surface area contributed by atoms with Gasteiger partial charge in [-0.2, -0.15) is 4.98 Å². The Morgan fingerprint density at radius 1 is 1.24 bits per heavy atom. The van der Waals surface area contributed by atoms with Crippen LogP contribution >= 0.6 is 0 Å². The highest BCUT2D eigenvalue weighted by Gasteiger charge is 2.50. The van der Waals surface area contributed by atoms with Crippen LogP contribution in [-0.2, 0) is 30.4 Å². The number of fused-ring (bicyclic) bond motifs is 3. The van der Waals surface area contributed by atoms with Crippen LogP contribution in [0.3, 0.4) is 0 Å². The van der Waals surface area contributed by atoms with Crippen molar-refractivity contribution in [3.8, 4) is 0 Å². The molecule has 1 fully saturated rings. The van der Waals surface area contributed by atoms with Gasteiger partial charge in [0.15, 0.2) is 17.0 Å². The fourth-order valence-electron chi connectivity index (χ4n) is 4.50. The summed E-state index contributed by atoms with van der Waals surface area (Å²) in [6, 6.07) is 8.39. The zero-order valence-electron chi connectivity index (χ0n) is 15.8. The molecular formula is C20H18N6O3. The summed E-state index contributed by atoms with van der Waals surface area (Å²) in [5, 5.41) is 4.15. The molecule has 9 nitrogen and oxygen atoms in total. The van der Waals surface area contributed by atoms with E-state index in [0.717, 1.165) is 12.8 Å². The zero-order chi connectivity index (χ0) is 19.6. The molecule has 2 atom stereocenters. The van der Waals surface area contributed by atoms with Crippen molar-refractivity contribution in [1.29, 1.82) is 0 Å². The van der Waals surface area contributed by atoms with Gasteiger partial charge in [-0.1, -0.05) is 29.4 Å². The number of ether oxygens (including phenoxy) is 1. The van der Waals surface area contributed by atoms with Crippen LogP contribution in [0.2, 0.25) is 0 Å². The lowest BCUT2D eigenvalue weighted by molar-refractivity contribution is -0.0198. The standard InChI is InChI=1S/C20H18N6O3/c1-25-10-21-18-16(25)19(27)26(11-22-18)8-15-23-17(24-29-15)13-7-20(28-9-13)6-12-4-2-3-5-14(12)20/h2-5,10-11,13H,6-9H2,1H3/t13-,20-/m0/s1. The Hall–Kier alpha value is -3.33. The molecule has 0 saturated carbocycles. The van der Waals surface area contributed by atoms with Crippen molar-refractivity contribution in [2.75, 3.05) is 6.61 Å². The first-order valence-corrected chi connectivity index (χ1v) is 9.54. The van der Waals surface area contributed by atoms with E-state index in [1.165, 1.54) is 22.0 Å². The second kappa shape index (κ2) is 5.84. The molecule has 0 N–H and O–H groups in total. The van der Waals surface area contributed by atoms with E-state index in [4.69, 9.17) is 9.26 Å². The highest BCUT2D eigenvalue weighted by molar-refractivity contribution is 5.68. The summed E-state index contributed by atoms with van der Waals surface area (Å²) in [4.78, 5) is 25.5. The number of hydrogen-bond acceptors (Lipinski definition) is 7. The summed E-state index contributed by atoms with van der Waals surface area (Å²) in [5.41, 5.74) is 3.08. The lowest BCUT2D eigenvalue weighted by atomic mass is 9.70. The van der Waals surface area contributed by atoms with Crippen LogP contribution in [0.25, 0.3) is 11.2 Å². The van der Waals surface area contributed by atoms with Gasteiger partial charge in [-0.25, -0.2) is 9.97 Å². The maximum absolute atomic E-state index is 12.7. The van der Waals surface area contributed by atoms with Crippen LogP contribution in [0.4, 0.5) is 0 Å². The fourth-order valence-corrected chi connectivity index (χ4v) is 4.50. The van der Waals surface area contributed by atoms with E-state index in [2.05, 4.69) is 38.3 Å². The molecule has 4 heterocycles. The lowest BCUT2D eigenvalue weighted by Crippen LogP contribution is -2.38. The third-order valence-corrected chi connectivity index (χ3v) is 5.98. The summed E-state index contributed by atoms with van der Waals surface area (Å²) in [7, 11) is 1.77. The average Bonchev–Trinajstić information content (AvgIpc) is 3.43. The van der Waals surface area contributed by atoms with Gasteiger partial charge in [0.1, 0.15) is 12.9 Å². The average molecular weight is 390 g/mol. The normalized spacial score (nSPS) is 22.9. The topological polar surface area (TPSA) is 101 Å². The molecule has 29 heavy (non-hydrogen) atoms. The van der Waals surface area contributed by atoms with Gasteiger partial charge in [0, 0.05) is 19.4 Å². The highest BCUT2D eigenvalue weighted by atomic mass is 16.5. The van der Waals surface area contributed by atoms with Crippen LogP contribution in [-0.4, -0.2) is 35.8 Å². The van der Waals surface area contributed by atoms with Crippen LogP contribution in [0, 0.1) is 0 Å². The molecule has 2 aliphatic rings. The molecule has 1 spiro atoms. The fraction of sp³-hybridized carbons (Fsp3) is 0.350. The van der Waals surface area contributed by atoms with Crippen LogP contribution in [0.5, 0.6) is 0 Å². The van der Waals surface area contributed by atoms with E-state index in [0.29, 0.717) is 29.5 Å². The Balaban J connectivity index is 1.24. The highest BCUT2D eigenvalue weighted by Crippen LogP contribution is 2.52. The molecule has 0 unspecified atom stereocenters. The van der Waals surface area contributed by atoms with Gasteiger partial charge in [-0.05, 0) is 17.5 Å². The summed E-state index contributed by atoms with van der Waals surface area (Å²) in [5.74, 6) is 1.08. The minimum Gasteiger partial charge on any atom is -0.369 e. The van der Waals surface area contributed by atoms with Crippen molar-refractivity contribution in [2.24, 2.45) is 7.05 Å². The molecule has 0 amide bonds. The number of aromatic nitrogens is 6. The molecule has 1 aliphatic carbocycles. The molecule has 0 bridgehead atoms. The lowest BCUT2D eigenvalue weighted by Gasteiger charge is -2.40. The molecule has 1 aliphatic heterocycles. The summed E-state index contributed by atoms with van der Waals surface area (Å²) in [6.45, 7) is 0.733. The Morgan fingerprint density at radius 3 is 3.00 bits per heavy atom. The molecule has 6 rings (SSSR count). The Bertz CT molecular complexity index is 1310. The molecule has 1 saturated heterocycles. The van der Waals surface area contributed by atoms with Gasteiger partial charge in [0.05, 0.1) is 18.5 Å². The SMILES string of the molecule is Cn1cnc2ncn(Cc3nc([C@@H]4CO[C@@]5(Cc6ccccc65)C4)no3)c(=O)c21. The van der Waals surface area contributed by atoms with Crippen LogP contribution in [0.15, 0.2) is 46.2 Å². The predicted molar refractivity (Wildman–Crippen MR) is 101 cm³/mol. The first-order chi connectivity index (χ1) is 14.1. The van der Waals surface area contributed by atoms with Gasteiger partial charge in [-0.15, -0.1) is 0 Å². The second-order valence-corrected chi connectivity index (χ2v) is 7.79. The van der Waals surface area contributed by atoms with Gasteiger partial charge in [-0.3, -0.25) is 9.36 Å². The number of benzene rings is 1. The van der Waals surface area contributed by atoms with E-state index < -0.39 is 0 Å². The molecular weight excluding hydrogens is 372 g/mol. The van der Waals surface area contributed by atoms with E-state index in [1.54, 1.807) is 17.9 Å². The van der Waals surface area contributed by atoms with E-state index in [-0.39, 0.29) is 23.6 Å². The van der Waals surface area contributed by atoms with Crippen molar-refractivity contribution < 1.29 is 9.26 Å². The molecule has 0 radical (unpaired) electrons. The van der Waals surface area contributed by atoms with Gasteiger partial charge in [0.2, 0.25) is 5.89 Å². The Morgan fingerprint density at radius 2 is 2.10 bits per heavy atom. The van der Waals surface area contributed by atoms with Crippen molar-refractivity contribution in [3.05, 3.63) is 70.1 Å². The monoisotopic (exact) mass is 390 g/mol. The molecule has 1 aromatic carbocycles. The third-order valence-electron chi connectivity index (χ3n) is 5.98. The number of imidazole rings is 1. The maximum atomic E-state index is 12.7. The zero-order valence-corrected chi connectivity index (χ0v) is 15.8. The third kappa shape index (κ3) is 2.40. The number of rotatable bonds is 3. The summed E-state index contributed by atoms with van der Waals surface area (Å²) < 4.78 is 14.7. The van der Waals surface area contributed by atoms with E-state index >= 15 is 0 Å². The van der Waals surface area contributed by atoms with Crippen molar-refractivity contribution in [1.82, 2.24) is 29.2 Å². The first-order valence-electron chi connectivity index (χ1n) is 9.54. The minimum absolute atomic E-state index is 0.0789. The number of hydrogen-bond donors (Lipinski definition) is 0. The van der Waals surface area contributed by atoms with Crippen molar-refractivity contribution >= 4 is 11.2 Å². The van der Waals surface area contributed by atoms with E-state index in [1.807, 2.05) is 6.07 Å². The predicted octanol–water partition coefficient (Wildman–Crippen LogP) is 1.52. The minimum atomic E-state index is -0.215. The number of aryl methyl sites for hydroxylation is 1. The molecule has 4 aromatic rings. The van der Waals surface area contributed by atoms with Crippen molar-refractivity contribution in [2.45, 2.75) is 30.9 Å². The molecule has 3 aromatic heterocycles. The molecule has 146 valence electrons. The van der Waals surface area contributed by atoms with Crippen LogP contribution in [0.1, 0.15) is 35.2 Å². The van der Waals surface area contributed by atoms with E-state index in [9.17, 15) is 4.79 Å². The van der Waals surface area contributed by atoms with Gasteiger partial charge < -0.3 is 13.8 Å². The molecule has 9 heteroatoms. The van der Waals surface area contributed by atoms with Gasteiger partial charge in [0.25, 0.3) is 5.56 Å². The van der Waals surface area contributed by atoms with Gasteiger partial charge >= 0.3 is 0 Å². The quantitative estimate of drug-likeness (QED) is 0.523. The second-order valence-electron chi connectivity index (χ2n) is 7.79. The largest absolute Gasteiger partial charge is 0.369 e. The number of nitrogens with zero attached hydrogens (tertiary/aromatic N) is 6. The Labute approximate surface area is 165 Å². The maximum Gasteiger partial charge on any atom is 0.280 e. The van der Waals surface area contributed by atoms with Crippen LogP contribution < -0.4 is 5.56 Å². The van der Waals surface area contributed by atoms with Crippen molar-refractivity contribution in [3.63, 3.8) is 0 Å². The summed E-state index contributed by atoms with van der Waals surface area (Å²) >= 11 is 0. The first kappa shape index (κ1) is 16.6. The smallest absolute Gasteiger partial charge is 0.280 e. The Kier molecular flexibility index (Phi) is 3.34. The summed E-state index contributed by atoms with van der Waals surface area (Å²) in [6.07, 6.45) is 4.80.